The van der Waals surface area contributed by atoms with Crippen LogP contribution in [0.15, 0.2) is 5.57 Å². The van der Waals surface area contributed by atoms with Gasteiger partial charge in [0.25, 0.3) is 0 Å². The molecule has 110 valence electrons. The van der Waals surface area contributed by atoms with Crippen LogP contribution < -0.4 is 0 Å². The Morgan fingerprint density at radius 1 is 0.700 bits per heavy atom. The summed E-state index contributed by atoms with van der Waals surface area (Å²) in [5.41, 5.74) is 12.4. The molecule has 0 nitrogen and oxygen atoms in total. The zero-order valence-corrected chi connectivity index (χ0v) is 16.0. The number of allylic oxidation sites excluding steroid dienone is 2. The molecule has 1 heteroatoms. The Morgan fingerprint density at radius 3 is 1.60 bits per heavy atom. The predicted molar refractivity (Wildman–Crippen MR) is 94.4 cm³/mol. The fourth-order valence-corrected chi connectivity index (χ4v) is 6.47. The third-order valence-corrected chi connectivity index (χ3v) is 10.0. The average molecular weight is 287 g/mol. The summed E-state index contributed by atoms with van der Waals surface area (Å²) in [4.78, 5) is 0. The van der Waals surface area contributed by atoms with E-state index in [2.05, 4.69) is 68.1 Å². The molecular formula is C19H30Si. The lowest BCUT2D eigenvalue weighted by molar-refractivity contribution is 0.762. The van der Waals surface area contributed by atoms with Crippen molar-refractivity contribution in [1.29, 1.82) is 0 Å². The molecule has 0 amide bonds. The number of fused-ring (bicyclic) bond motifs is 1. The molecule has 1 atom stereocenters. The first kappa shape index (κ1) is 15.6. The smallest absolute Gasteiger partial charge is 0.0605 e. The molecule has 0 saturated heterocycles. The molecule has 1 aromatic carbocycles. The van der Waals surface area contributed by atoms with E-state index in [0.717, 1.165) is 0 Å². The maximum Gasteiger partial charge on any atom is 0.0605 e. The van der Waals surface area contributed by atoms with Crippen LogP contribution in [0.25, 0.3) is 5.57 Å². The normalized spacial score (nSPS) is 22.5. The number of hydrogen-bond donors (Lipinski definition) is 0. The van der Waals surface area contributed by atoms with Gasteiger partial charge in [-0.25, -0.2) is 0 Å². The van der Waals surface area contributed by atoms with Crippen molar-refractivity contribution < 1.29 is 0 Å². The lowest BCUT2D eigenvalue weighted by Crippen LogP contribution is -2.47. The summed E-state index contributed by atoms with van der Waals surface area (Å²) in [7, 11) is -1.36. The first-order chi connectivity index (χ1) is 8.96. The highest BCUT2D eigenvalue weighted by molar-refractivity contribution is 6.80. The Labute approximate surface area is 126 Å². The summed E-state index contributed by atoms with van der Waals surface area (Å²) in [6.07, 6.45) is 0. The van der Waals surface area contributed by atoms with E-state index in [1.165, 1.54) is 27.8 Å². The summed E-state index contributed by atoms with van der Waals surface area (Å²) in [5, 5.41) is 0.277. The van der Waals surface area contributed by atoms with Gasteiger partial charge in [-0.3, -0.25) is 0 Å². The van der Waals surface area contributed by atoms with Gasteiger partial charge in [0.05, 0.1) is 8.07 Å². The molecule has 1 aromatic rings. The van der Waals surface area contributed by atoms with E-state index in [0.29, 0.717) is 0 Å². The van der Waals surface area contributed by atoms with Gasteiger partial charge >= 0.3 is 0 Å². The molecule has 0 spiro atoms. The third kappa shape index (κ3) is 1.65. The molecule has 0 aliphatic heterocycles. The Balaban J connectivity index is 3.00. The highest BCUT2D eigenvalue weighted by Crippen LogP contribution is 2.54. The van der Waals surface area contributed by atoms with Crippen molar-refractivity contribution in [3.05, 3.63) is 39.0 Å². The first-order valence-corrected chi connectivity index (χ1v) is 11.2. The van der Waals surface area contributed by atoms with Gasteiger partial charge in [-0.05, 0) is 80.5 Å². The molecule has 2 rings (SSSR count). The molecule has 0 bridgehead atoms. The van der Waals surface area contributed by atoms with Crippen molar-refractivity contribution in [2.24, 2.45) is 0 Å². The molecule has 0 saturated carbocycles. The van der Waals surface area contributed by atoms with E-state index < -0.39 is 8.07 Å². The highest BCUT2D eigenvalue weighted by atomic mass is 28.3. The van der Waals surface area contributed by atoms with Crippen LogP contribution in [0, 0.1) is 27.7 Å². The van der Waals surface area contributed by atoms with Crippen molar-refractivity contribution in [2.75, 3.05) is 0 Å². The van der Waals surface area contributed by atoms with Gasteiger partial charge in [-0.15, -0.1) is 0 Å². The fourth-order valence-electron chi connectivity index (χ4n) is 4.09. The average Bonchev–Trinajstić information content (AvgIpc) is 2.55. The summed E-state index contributed by atoms with van der Waals surface area (Å²) < 4.78 is 0. The predicted octanol–water partition coefficient (Wildman–Crippen LogP) is 5.86. The number of rotatable bonds is 1. The van der Waals surface area contributed by atoms with Crippen molar-refractivity contribution >= 4 is 13.6 Å². The standard InChI is InChI=1S/C19H30Si/c1-11-12(2)14(4)18-17(13(11)3)15(5)16(6)19(18,7)20(8,9)10/h1-10H3. The minimum absolute atomic E-state index is 0.277. The Morgan fingerprint density at radius 2 is 1.15 bits per heavy atom. The Kier molecular flexibility index (Phi) is 3.37. The zero-order valence-electron chi connectivity index (χ0n) is 15.0. The van der Waals surface area contributed by atoms with Crippen LogP contribution in [0.2, 0.25) is 19.6 Å². The molecule has 1 aliphatic carbocycles. The maximum absolute atomic E-state index is 2.52. The highest BCUT2D eigenvalue weighted by Gasteiger charge is 2.49. The molecule has 1 aliphatic rings. The van der Waals surface area contributed by atoms with Crippen LogP contribution in [-0.2, 0) is 5.04 Å². The summed E-state index contributed by atoms with van der Waals surface area (Å²) in [6, 6.07) is 0. The topological polar surface area (TPSA) is 0 Å². The molecule has 0 fully saturated rings. The molecule has 20 heavy (non-hydrogen) atoms. The van der Waals surface area contributed by atoms with Crippen molar-refractivity contribution in [2.45, 2.75) is 73.1 Å². The van der Waals surface area contributed by atoms with Crippen LogP contribution in [0.1, 0.15) is 54.2 Å². The Hall–Kier alpha value is -0.823. The van der Waals surface area contributed by atoms with E-state index in [9.17, 15) is 0 Å². The summed E-state index contributed by atoms with van der Waals surface area (Å²) >= 11 is 0. The van der Waals surface area contributed by atoms with Crippen molar-refractivity contribution in [3.63, 3.8) is 0 Å². The van der Waals surface area contributed by atoms with Gasteiger partial charge in [0, 0.05) is 5.04 Å². The van der Waals surface area contributed by atoms with Crippen LogP contribution in [0.4, 0.5) is 0 Å². The molecule has 0 heterocycles. The first-order valence-electron chi connectivity index (χ1n) is 7.75. The zero-order chi connectivity index (χ0) is 15.6. The van der Waals surface area contributed by atoms with Gasteiger partial charge < -0.3 is 0 Å². The van der Waals surface area contributed by atoms with Gasteiger partial charge in [0.2, 0.25) is 0 Å². The van der Waals surface area contributed by atoms with Crippen LogP contribution >= 0.6 is 0 Å². The number of hydrogen-bond acceptors (Lipinski definition) is 0. The summed E-state index contributed by atoms with van der Waals surface area (Å²) in [6.45, 7) is 24.0. The molecule has 1 unspecified atom stereocenters. The van der Waals surface area contributed by atoms with E-state index in [1.54, 1.807) is 16.7 Å². The third-order valence-electron chi connectivity index (χ3n) is 6.38. The monoisotopic (exact) mass is 286 g/mol. The SMILES string of the molecule is CC1=C(C)C(C)([Si](C)(C)C)c2c(C)c(C)c(C)c(C)c21. The van der Waals surface area contributed by atoms with Crippen LogP contribution in [0.5, 0.6) is 0 Å². The van der Waals surface area contributed by atoms with Crippen LogP contribution in [-0.4, -0.2) is 8.07 Å². The second-order valence-electron chi connectivity index (χ2n) is 7.88. The van der Waals surface area contributed by atoms with Gasteiger partial charge in [-0.2, -0.15) is 0 Å². The lowest BCUT2D eigenvalue weighted by Gasteiger charge is -2.41. The Bertz CT molecular complexity index is 626. The van der Waals surface area contributed by atoms with Crippen LogP contribution in [0.3, 0.4) is 0 Å². The van der Waals surface area contributed by atoms with Gasteiger partial charge in [0.15, 0.2) is 0 Å². The quantitative estimate of drug-likeness (QED) is 0.567. The van der Waals surface area contributed by atoms with E-state index >= 15 is 0 Å². The molecule has 0 radical (unpaired) electrons. The molecule has 0 N–H and O–H groups in total. The lowest BCUT2D eigenvalue weighted by atomic mass is 9.85. The van der Waals surface area contributed by atoms with Crippen molar-refractivity contribution in [3.8, 4) is 0 Å². The van der Waals surface area contributed by atoms with Gasteiger partial charge in [0.1, 0.15) is 0 Å². The van der Waals surface area contributed by atoms with E-state index in [1.807, 2.05) is 0 Å². The molecular weight excluding hydrogens is 256 g/mol. The van der Waals surface area contributed by atoms with E-state index in [4.69, 9.17) is 0 Å². The second kappa shape index (κ2) is 4.33. The fraction of sp³-hybridized carbons (Fsp3) is 0.579. The minimum Gasteiger partial charge on any atom is -0.0686 e. The maximum atomic E-state index is 2.52. The molecule has 0 aromatic heterocycles. The summed E-state index contributed by atoms with van der Waals surface area (Å²) in [5.74, 6) is 0. The minimum atomic E-state index is -1.36. The second-order valence-corrected chi connectivity index (χ2v) is 13.4. The number of benzene rings is 1. The van der Waals surface area contributed by atoms with Gasteiger partial charge in [-0.1, -0.05) is 32.1 Å². The van der Waals surface area contributed by atoms with Crippen molar-refractivity contribution in [1.82, 2.24) is 0 Å². The van der Waals surface area contributed by atoms with E-state index in [-0.39, 0.29) is 5.04 Å². The largest absolute Gasteiger partial charge is 0.0686 e.